The van der Waals surface area contributed by atoms with E-state index in [1.54, 1.807) is 0 Å². The Labute approximate surface area is 104 Å². The van der Waals surface area contributed by atoms with E-state index in [-0.39, 0.29) is 11.6 Å². The van der Waals surface area contributed by atoms with Crippen molar-refractivity contribution >= 4 is 17.6 Å². The van der Waals surface area contributed by atoms with Gasteiger partial charge in [0.1, 0.15) is 5.82 Å². The smallest absolute Gasteiger partial charge is 0.319 e. The average molecular weight is 251 g/mol. The third-order valence-electron chi connectivity index (χ3n) is 2.74. The van der Waals surface area contributed by atoms with Crippen molar-refractivity contribution in [1.82, 2.24) is 5.32 Å². The largest absolute Gasteiger partial charge is 0.366 e. The summed E-state index contributed by atoms with van der Waals surface area (Å²) in [7, 11) is 0. The van der Waals surface area contributed by atoms with Gasteiger partial charge in [-0.3, -0.25) is 4.79 Å². The molecule has 0 bridgehead atoms. The number of nitrogens with one attached hydrogen (secondary N) is 2. The first-order chi connectivity index (χ1) is 8.56. The second-order valence-corrected chi connectivity index (χ2v) is 4.34. The number of primary amides is 1. The van der Waals surface area contributed by atoms with Crippen LogP contribution in [0.3, 0.4) is 0 Å². The molecule has 1 fully saturated rings. The molecule has 0 saturated heterocycles. The zero-order chi connectivity index (χ0) is 13.1. The predicted molar refractivity (Wildman–Crippen MR) is 64.7 cm³/mol. The highest BCUT2D eigenvalue weighted by Gasteiger charge is 2.21. The van der Waals surface area contributed by atoms with E-state index in [2.05, 4.69) is 10.6 Å². The summed E-state index contributed by atoms with van der Waals surface area (Å²) < 4.78 is 13.2. The van der Waals surface area contributed by atoms with E-state index in [0.29, 0.717) is 18.2 Å². The Kier molecular flexibility index (Phi) is 3.45. The van der Waals surface area contributed by atoms with Gasteiger partial charge in [0.2, 0.25) is 0 Å². The Morgan fingerprint density at radius 1 is 1.39 bits per heavy atom. The van der Waals surface area contributed by atoms with Crippen LogP contribution in [0, 0.1) is 11.7 Å². The molecule has 1 saturated carbocycles. The fraction of sp³-hybridized carbons (Fsp3) is 0.333. The lowest BCUT2D eigenvalue weighted by Crippen LogP contribution is -2.30. The first-order valence-electron chi connectivity index (χ1n) is 5.70. The number of carbonyl (C=O) groups is 2. The van der Waals surface area contributed by atoms with E-state index in [9.17, 15) is 14.0 Å². The Morgan fingerprint density at radius 2 is 2.11 bits per heavy atom. The van der Waals surface area contributed by atoms with Crippen molar-refractivity contribution in [2.24, 2.45) is 11.7 Å². The van der Waals surface area contributed by atoms with Gasteiger partial charge in [0.25, 0.3) is 5.91 Å². The van der Waals surface area contributed by atoms with Crippen molar-refractivity contribution in [3.63, 3.8) is 0 Å². The maximum atomic E-state index is 13.2. The highest BCUT2D eigenvalue weighted by molar-refractivity contribution is 5.96. The second kappa shape index (κ2) is 5.03. The Hall–Kier alpha value is -2.11. The SMILES string of the molecule is NC(=O)c1cc(NC(=O)NCC2CC2)ccc1F. The number of rotatable bonds is 4. The number of halogens is 1. The molecule has 1 aromatic rings. The number of carbonyl (C=O) groups excluding carboxylic acids is 2. The maximum Gasteiger partial charge on any atom is 0.319 e. The molecule has 2 rings (SSSR count). The molecule has 0 radical (unpaired) electrons. The molecule has 1 aliphatic carbocycles. The molecule has 0 unspecified atom stereocenters. The molecule has 0 aliphatic heterocycles. The molecule has 0 spiro atoms. The number of benzene rings is 1. The van der Waals surface area contributed by atoms with Crippen LogP contribution in [0.5, 0.6) is 0 Å². The molecular weight excluding hydrogens is 237 g/mol. The van der Waals surface area contributed by atoms with Gasteiger partial charge in [-0.2, -0.15) is 0 Å². The minimum Gasteiger partial charge on any atom is -0.366 e. The molecule has 6 heteroatoms. The topological polar surface area (TPSA) is 84.2 Å². The summed E-state index contributed by atoms with van der Waals surface area (Å²) in [5.74, 6) is -0.994. The van der Waals surface area contributed by atoms with Crippen molar-refractivity contribution < 1.29 is 14.0 Å². The molecule has 0 aromatic heterocycles. The van der Waals surface area contributed by atoms with Gasteiger partial charge in [-0.05, 0) is 37.0 Å². The van der Waals surface area contributed by atoms with Crippen molar-refractivity contribution in [2.45, 2.75) is 12.8 Å². The summed E-state index contributed by atoms with van der Waals surface area (Å²) in [6.07, 6.45) is 2.28. The van der Waals surface area contributed by atoms with Gasteiger partial charge < -0.3 is 16.4 Å². The van der Waals surface area contributed by atoms with E-state index in [4.69, 9.17) is 5.73 Å². The van der Waals surface area contributed by atoms with Crippen LogP contribution in [-0.4, -0.2) is 18.5 Å². The molecule has 18 heavy (non-hydrogen) atoms. The van der Waals surface area contributed by atoms with Gasteiger partial charge in [0, 0.05) is 12.2 Å². The number of hydrogen-bond acceptors (Lipinski definition) is 2. The molecule has 3 amide bonds. The quantitative estimate of drug-likeness (QED) is 0.756. The minimum absolute atomic E-state index is 0.241. The molecule has 5 nitrogen and oxygen atoms in total. The lowest BCUT2D eigenvalue weighted by atomic mass is 10.2. The first kappa shape index (κ1) is 12.3. The average Bonchev–Trinajstić information content (AvgIpc) is 3.12. The molecule has 0 heterocycles. The Bertz CT molecular complexity index is 486. The first-order valence-corrected chi connectivity index (χ1v) is 5.70. The van der Waals surface area contributed by atoms with Crippen LogP contribution in [0.2, 0.25) is 0 Å². The van der Waals surface area contributed by atoms with Crippen LogP contribution in [0.4, 0.5) is 14.9 Å². The molecular formula is C12H14FN3O2. The third kappa shape index (κ3) is 3.19. The summed E-state index contributed by atoms with van der Waals surface area (Å²) in [5.41, 5.74) is 5.10. The van der Waals surface area contributed by atoms with Crippen molar-refractivity contribution in [1.29, 1.82) is 0 Å². The predicted octanol–water partition coefficient (Wildman–Crippen LogP) is 1.46. The second-order valence-electron chi connectivity index (χ2n) is 4.34. The van der Waals surface area contributed by atoms with Gasteiger partial charge in [-0.1, -0.05) is 0 Å². The lowest BCUT2D eigenvalue weighted by molar-refractivity contribution is 0.0996. The van der Waals surface area contributed by atoms with E-state index >= 15 is 0 Å². The minimum atomic E-state index is -0.866. The van der Waals surface area contributed by atoms with Crippen LogP contribution in [0.25, 0.3) is 0 Å². The number of urea groups is 1. The maximum absolute atomic E-state index is 13.2. The molecule has 0 atom stereocenters. The van der Waals surface area contributed by atoms with E-state index < -0.39 is 11.7 Å². The zero-order valence-electron chi connectivity index (χ0n) is 9.70. The van der Waals surface area contributed by atoms with Crippen LogP contribution < -0.4 is 16.4 Å². The summed E-state index contributed by atoms with van der Waals surface area (Å²) in [6, 6.07) is 3.31. The van der Waals surface area contributed by atoms with Gasteiger partial charge >= 0.3 is 6.03 Å². The number of amides is 3. The van der Waals surface area contributed by atoms with E-state index in [1.165, 1.54) is 12.1 Å². The van der Waals surface area contributed by atoms with E-state index in [1.807, 2.05) is 0 Å². The fourth-order valence-electron chi connectivity index (χ4n) is 1.53. The van der Waals surface area contributed by atoms with Crippen LogP contribution in [-0.2, 0) is 0 Å². The van der Waals surface area contributed by atoms with Gasteiger partial charge in [0.05, 0.1) is 5.56 Å². The van der Waals surface area contributed by atoms with Crippen LogP contribution in [0.1, 0.15) is 23.2 Å². The van der Waals surface area contributed by atoms with Crippen molar-refractivity contribution in [2.75, 3.05) is 11.9 Å². The van der Waals surface area contributed by atoms with Crippen molar-refractivity contribution in [3.8, 4) is 0 Å². The van der Waals surface area contributed by atoms with Crippen LogP contribution >= 0.6 is 0 Å². The van der Waals surface area contributed by atoms with Gasteiger partial charge in [-0.15, -0.1) is 0 Å². The van der Waals surface area contributed by atoms with Gasteiger partial charge in [0.15, 0.2) is 0 Å². The Balaban J connectivity index is 1.97. The molecule has 1 aliphatic rings. The standard InChI is InChI=1S/C12H14FN3O2/c13-10-4-3-8(5-9(10)11(14)17)16-12(18)15-6-7-1-2-7/h3-5,7H,1-2,6H2,(H2,14,17)(H2,15,16,18). The van der Waals surface area contributed by atoms with E-state index in [0.717, 1.165) is 18.9 Å². The van der Waals surface area contributed by atoms with Crippen LogP contribution in [0.15, 0.2) is 18.2 Å². The van der Waals surface area contributed by atoms with Crippen molar-refractivity contribution in [3.05, 3.63) is 29.6 Å². The summed E-state index contributed by atoms with van der Waals surface area (Å²) in [6.45, 7) is 0.635. The number of hydrogen-bond donors (Lipinski definition) is 3. The highest BCUT2D eigenvalue weighted by atomic mass is 19.1. The number of anilines is 1. The lowest BCUT2D eigenvalue weighted by Gasteiger charge is -2.08. The summed E-state index contributed by atoms with van der Waals surface area (Å²) in [4.78, 5) is 22.4. The molecule has 96 valence electrons. The molecule has 4 N–H and O–H groups in total. The summed E-state index contributed by atoms with van der Waals surface area (Å²) >= 11 is 0. The zero-order valence-corrected chi connectivity index (χ0v) is 9.70. The number of nitrogens with two attached hydrogens (primary N) is 1. The monoisotopic (exact) mass is 251 g/mol. The summed E-state index contributed by atoms with van der Waals surface area (Å²) in [5, 5.41) is 5.22. The fourth-order valence-corrected chi connectivity index (χ4v) is 1.53. The molecule has 1 aromatic carbocycles. The third-order valence-corrected chi connectivity index (χ3v) is 2.74. The van der Waals surface area contributed by atoms with Gasteiger partial charge in [-0.25, -0.2) is 9.18 Å². The highest BCUT2D eigenvalue weighted by Crippen LogP contribution is 2.27. The normalized spacial score (nSPS) is 14.1. The Morgan fingerprint density at radius 3 is 2.72 bits per heavy atom.